The van der Waals surface area contributed by atoms with Gasteiger partial charge in [-0.25, -0.2) is 19.2 Å². The molecule has 0 aliphatic heterocycles. The molecule has 3 aromatic rings. The molecule has 0 N–H and O–H groups in total. The molecule has 0 radical (unpaired) electrons. The van der Waals surface area contributed by atoms with E-state index in [2.05, 4.69) is 19.7 Å². The van der Waals surface area contributed by atoms with Gasteiger partial charge < -0.3 is 18.9 Å². The molecule has 8 nitrogen and oxygen atoms in total. The molecule has 0 saturated heterocycles. The minimum atomic E-state index is -0.613. The summed E-state index contributed by atoms with van der Waals surface area (Å²) in [6, 6.07) is 18.8. The second kappa shape index (κ2) is 13.7. The Morgan fingerprint density at radius 2 is 0.927 bits per heavy atom. The lowest BCUT2D eigenvalue weighted by atomic mass is 9.96. The number of ether oxygens (including phenoxy) is 4. The number of hydrogen-bond acceptors (Lipinski definition) is 8. The van der Waals surface area contributed by atoms with Crippen LogP contribution in [0.2, 0.25) is 0 Å². The van der Waals surface area contributed by atoms with Gasteiger partial charge in [-0.2, -0.15) is 0 Å². The Morgan fingerprint density at radius 1 is 0.537 bits per heavy atom. The van der Waals surface area contributed by atoms with Crippen LogP contribution in [0.1, 0.15) is 31.1 Å². The summed E-state index contributed by atoms with van der Waals surface area (Å²) in [6.45, 7) is 15.1. The maximum absolute atomic E-state index is 13.0. The Hall–Kier alpha value is -5.24. The Bertz CT molecular complexity index is 1420. The second-order valence-corrected chi connectivity index (χ2v) is 9.24. The Labute approximate surface area is 238 Å². The van der Waals surface area contributed by atoms with E-state index in [0.29, 0.717) is 22.6 Å². The standard InChI is InChI=1S/C33H30O8/c1-20(2)30(34)38-15-16-39-33(37)27-18-25(23-7-11-28(12-8-23)40-31(35)21(3)4)17-26(19-27)24-9-13-29(14-10-24)41-32(36)22(5)6/h7-14,17-19H,1,3,5,15-16H2,2,4,6H3. The number of benzene rings is 3. The van der Waals surface area contributed by atoms with Crippen molar-refractivity contribution in [3.8, 4) is 33.8 Å². The molecule has 8 heteroatoms. The largest absolute Gasteiger partial charge is 0.459 e. The van der Waals surface area contributed by atoms with Gasteiger partial charge >= 0.3 is 23.9 Å². The molecule has 0 unspecified atom stereocenters. The molecule has 0 aliphatic rings. The van der Waals surface area contributed by atoms with Gasteiger partial charge in [-0.1, -0.05) is 44.0 Å². The summed E-state index contributed by atoms with van der Waals surface area (Å²) in [5.41, 5.74) is 3.95. The average molecular weight is 555 g/mol. The van der Waals surface area contributed by atoms with Crippen LogP contribution in [0.4, 0.5) is 0 Å². The zero-order valence-electron chi connectivity index (χ0n) is 23.2. The van der Waals surface area contributed by atoms with Crippen molar-refractivity contribution >= 4 is 23.9 Å². The molecule has 3 aromatic carbocycles. The normalized spacial score (nSPS) is 10.2. The smallest absolute Gasteiger partial charge is 0.338 e. The summed E-state index contributed by atoms with van der Waals surface area (Å²) >= 11 is 0. The predicted octanol–water partition coefficient (Wildman–Crippen LogP) is 6.26. The van der Waals surface area contributed by atoms with Crippen LogP contribution in [0.15, 0.2) is 103 Å². The fraction of sp³-hybridized carbons (Fsp3) is 0.152. The van der Waals surface area contributed by atoms with Crippen LogP contribution in [0.3, 0.4) is 0 Å². The third-order valence-corrected chi connectivity index (χ3v) is 5.56. The SMILES string of the molecule is C=C(C)C(=O)OCCOC(=O)c1cc(-c2ccc(OC(=O)C(=C)C)cc2)cc(-c2ccc(OC(=O)C(=C)C)cc2)c1. The number of hydrogen-bond donors (Lipinski definition) is 0. The zero-order chi connectivity index (χ0) is 30.1. The van der Waals surface area contributed by atoms with Gasteiger partial charge in [0.2, 0.25) is 0 Å². The van der Waals surface area contributed by atoms with E-state index >= 15 is 0 Å². The molecule has 0 bridgehead atoms. The van der Waals surface area contributed by atoms with Gasteiger partial charge in [0.1, 0.15) is 24.7 Å². The average Bonchev–Trinajstić information content (AvgIpc) is 2.95. The molecule has 0 aromatic heterocycles. The van der Waals surface area contributed by atoms with E-state index in [1.54, 1.807) is 74.5 Å². The third-order valence-electron chi connectivity index (χ3n) is 5.56. The minimum absolute atomic E-state index is 0.112. The number of carbonyl (C=O) groups is 4. The van der Waals surface area contributed by atoms with E-state index in [-0.39, 0.29) is 35.5 Å². The first kappa shape index (κ1) is 30.3. The molecule has 0 atom stereocenters. The predicted molar refractivity (Wildman–Crippen MR) is 154 cm³/mol. The van der Waals surface area contributed by atoms with E-state index in [1.807, 2.05) is 6.07 Å². The summed E-state index contributed by atoms with van der Waals surface area (Å²) in [4.78, 5) is 48.2. The maximum Gasteiger partial charge on any atom is 0.338 e. The van der Waals surface area contributed by atoms with Gasteiger partial charge in [-0.3, -0.25) is 0 Å². The van der Waals surface area contributed by atoms with Crippen molar-refractivity contribution in [2.75, 3.05) is 13.2 Å². The molecule has 0 spiro atoms. The first-order chi connectivity index (χ1) is 19.4. The van der Waals surface area contributed by atoms with Crippen LogP contribution in [0, 0.1) is 0 Å². The van der Waals surface area contributed by atoms with Crippen LogP contribution < -0.4 is 9.47 Å². The first-order valence-electron chi connectivity index (χ1n) is 12.6. The number of carbonyl (C=O) groups excluding carboxylic acids is 4. The van der Waals surface area contributed by atoms with Crippen molar-refractivity contribution < 1.29 is 38.1 Å². The van der Waals surface area contributed by atoms with E-state index in [9.17, 15) is 19.2 Å². The molecule has 210 valence electrons. The minimum Gasteiger partial charge on any atom is -0.459 e. The van der Waals surface area contributed by atoms with Gasteiger partial charge in [0, 0.05) is 16.7 Å². The van der Waals surface area contributed by atoms with Crippen molar-refractivity contribution in [3.05, 3.63) is 109 Å². The van der Waals surface area contributed by atoms with Crippen LogP contribution in [0.25, 0.3) is 22.3 Å². The summed E-state index contributed by atoms with van der Waals surface area (Å²) in [7, 11) is 0. The molecule has 0 heterocycles. The van der Waals surface area contributed by atoms with Crippen molar-refractivity contribution in [2.45, 2.75) is 20.8 Å². The summed E-state index contributed by atoms with van der Waals surface area (Å²) in [5, 5.41) is 0. The van der Waals surface area contributed by atoms with E-state index in [0.717, 1.165) is 11.1 Å². The van der Waals surface area contributed by atoms with Crippen molar-refractivity contribution in [2.24, 2.45) is 0 Å². The maximum atomic E-state index is 13.0. The van der Waals surface area contributed by atoms with Crippen LogP contribution >= 0.6 is 0 Å². The number of esters is 4. The number of rotatable bonds is 11. The molecule has 0 aliphatic carbocycles. The van der Waals surface area contributed by atoms with Crippen LogP contribution in [0.5, 0.6) is 11.5 Å². The van der Waals surface area contributed by atoms with Gasteiger partial charge in [0.25, 0.3) is 0 Å². The molecular formula is C33H30O8. The highest BCUT2D eigenvalue weighted by atomic mass is 16.6. The molecular weight excluding hydrogens is 524 g/mol. The first-order valence-corrected chi connectivity index (χ1v) is 12.6. The highest BCUT2D eigenvalue weighted by Gasteiger charge is 2.14. The molecule has 0 fully saturated rings. The van der Waals surface area contributed by atoms with E-state index in [1.165, 1.54) is 6.92 Å². The highest BCUT2D eigenvalue weighted by molar-refractivity contribution is 5.94. The third kappa shape index (κ3) is 8.63. The van der Waals surface area contributed by atoms with Gasteiger partial charge in [-0.05, 0) is 85.5 Å². The molecule has 41 heavy (non-hydrogen) atoms. The summed E-state index contributed by atoms with van der Waals surface area (Å²) < 4.78 is 20.9. The Balaban J connectivity index is 1.90. The lowest BCUT2D eigenvalue weighted by molar-refractivity contribution is -0.140. The summed E-state index contributed by atoms with van der Waals surface area (Å²) in [5.74, 6) is -1.55. The van der Waals surface area contributed by atoms with Crippen molar-refractivity contribution in [1.82, 2.24) is 0 Å². The molecule has 3 rings (SSSR count). The van der Waals surface area contributed by atoms with E-state index < -0.39 is 23.9 Å². The fourth-order valence-electron chi connectivity index (χ4n) is 3.37. The molecule has 0 amide bonds. The van der Waals surface area contributed by atoms with Crippen LogP contribution in [-0.2, 0) is 23.9 Å². The van der Waals surface area contributed by atoms with E-state index in [4.69, 9.17) is 18.9 Å². The highest BCUT2D eigenvalue weighted by Crippen LogP contribution is 2.31. The fourth-order valence-corrected chi connectivity index (χ4v) is 3.37. The molecule has 0 saturated carbocycles. The summed E-state index contributed by atoms with van der Waals surface area (Å²) in [6.07, 6.45) is 0. The second-order valence-electron chi connectivity index (χ2n) is 9.24. The van der Waals surface area contributed by atoms with Gasteiger partial charge in [0.05, 0.1) is 5.56 Å². The Kier molecular flexibility index (Phi) is 10.1. The quantitative estimate of drug-likeness (QED) is 0.118. The Morgan fingerprint density at radius 3 is 1.32 bits per heavy atom. The van der Waals surface area contributed by atoms with Crippen molar-refractivity contribution in [3.63, 3.8) is 0 Å². The topological polar surface area (TPSA) is 105 Å². The monoisotopic (exact) mass is 554 g/mol. The van der Waals surface area contributed by atoms with Gasteiger partial charge in [0.15, 0.2) is 0 Å². The van der Waals surface area contributed by atoms with Crippen LogP contribution in [-0.4, -0.2) is 37.1 Å². The van der Waals surface area contributed by atoms with Gasteiger partial charge in [-0.15, -0.1) is 0 Å². The lowest BCUT2D eigenvalue weighted by Crippen LogP contribution is -2.14. The van der Waals surface area contributed by atoms with Crippen molar-refractivity contribution in [1.29, 1.82) is 0 Å². The lowest BCUT2D eigenvalue weighted by Gasteiger charge is -2.12. The zero-order valence-corrected chi connectivity index (χ0v) is 23.2.